The number of thiazole rings is 1. The van der Waals surface area contributed by atoms with E-state index in [2.05, 4.69) is 15.6 Å². The molecule has 0 spiro atoms. The van der Waals surface area contributed by atoms with Crippen molar-refractivity contribution in [2.75, 3.05) is 10.6 Å². The van der Waals surface area contributed by atoms with Gasteiger partial charge in [0.15, 0.2) is 0 Å². The summed E-state index contributed by atoms with van der Waals surface area (Å²) in [6, 6.07) is 9.01. The molecule has 0 saturated carbocycles. The van der Waals surface area contributed by atoms with Gasteiger partial charge in [-0.25, -0.2) is 23.3 Å². The van der Waals surface area contributed by atoms with E-state index in [4.69, 9.17) is 28.3 Å². The number of nitrogens with one attached hydrogen (secondary N) is 2. The standard InChI is InChI=1S/C14H10Cl2N4O3S2/c15-9-3-1-7(5-10(9)16)18-13(21)19-8-2-4-11-12(6-8)24-14(20-11)25(17,22)23/h1-6H,(H2,17,22,23)(H2,18,19,21). The third-order valence-electron chi connectivity index (χ3n) is 3.05. The van der Waals surface area contributed by atoms with Crippen LogP contribution in [0, 0.1) is 0 Å². The number of carbonyl (C=O) groups is 1. The summed E-state index contributed by atoms with van der Waals surface area (Å²) in [7, 11) is -3.86. The van der Waals surface area contributed by atoms with Gasteiger partial charge in [-0.3, -0.25) is 0 Å². The maximum Gasteiger partial charge on any atom is 0.323 e. The average Bonchev–Trinajstić information content (AvgIpc) is 2.94. The van der Waals surface area contributed by atoms with Gasteiger partial charge in [-0.1, -0.05) is 23.2 Å². The lowest BCUT2D eigenvalue weighted by molar-refractivity contribution is 0.262. The van der Waals surface area contributed by atoms with Crippen LogP contribution in [0.4, 0.5) is 16.2 Å². The molecule has 0 aliphatic rings. The molecule has 2 amide bonds. The van der Waals surface area contributed by atoms with Crippen LogP contribution >= 0.6 is 34.5 Å². The highest BCUT2D eigenvalue weighted by Gasteiger charge is 2.15. The van der Waals surface area contributed by atoms with E-state index >= 15 is 0 Å². The van der Waals surface area contributed by atoms with E-state index in [1.807, 2.05) is 0 Å². The predicted octanol–water partition coefficient (Wildman–Crippen LogP) is 3.89. The molecule has 0 aliphatic heterocycles. The van der Waals surface area contributed by atoms with E-state index in [-0.39, 0.29) is 4.34 Å². The molecule has 0 bridgehead atoms. The molecule has 0 aliphatic carbocycles. The van der Waals surface area contributed by atoms with Gasteiger partial charge in [0.2, 0.25) is 4.34 Å². The molecule has 3 aromatic rings. The van der Waals surface area contributed by atoms with Crippen LogP contribution in [0.1, 0.15) is 0 Å². The van der Waals surface area contributed by atoms with Gasteiger partial charge in [-0.2, -0.15) is 0 Å². The van der Waals surface area contributed by atoms with E-state index < -0.39 is 16.1 Å². The van der Waals surface area contributed by atoms with E-state index in [9.17, 15) is 13.2 Å². The van der Waals surface area contributed by atoms with E-state index in [1.54, 1.807) is 30.3 Å². The van der Waals surface area contributed by atoms with E-state index in [1.165, 1.54) is 6.07 Å². The van der Waals surface area contributed by atoms with Crippen molar-refractivity contribution in [3.63, 3.8) is 0 Å². The number of rotatable bonds is 3. The first kappa shape index (κ1) is 17.9. The summed E-state index contributed by atoms with van der Waals surface area (Å²) in [5.41, 5.74) is 1.42. The molecule has 0 radical (unpaired) electrons. The monoisotopic (exact) mass is 416 g/mol. The number of benzene rings is 2. The van der Waals surface area contributed by atoms with Crippen molar-refractivity contribution >= 4 is 72.2 Å². The van der Waals surface area contributed by atoms with Gasteiger partial charge in [0.05, 0.1) is 20.3 Å². The molecule has 25 heavy (non-hydrogen) atoms. The largest absolute Gasteiger partial charge is 0.323 e. The lowest BCUT2D eigenvalue weighted by Crippen LogP contribution is -2.19. The number of sulfonamides is 1. The van der Waals surface area contributed by atoms with Gasteiger partial charge < -0.3 is 10.6 Å². The molecular formula is C14H10Cl2N4O3S2. The first-order chi connectivity index (χ1) is 11.7. The zero-order valence-corrected chi connectivity index (χ0v) is 15.4. The molecule has 0 atom stereocenters. The second kappa shape index (κ2) is 6.77. The minimum Gasteiger partial charge on any atom is -0.308 e. The molecule has 2 aromatic carbocycles. The van der Waals surface area contributed by atoms with Gasteiger partial charge in [-0.05, 0) is 36.4 Å². The van der Waals surface area contributed by atoms with Gasteiger partial charge in [-0.15, -0.1) is 11.3 Å². The molecule has 7 nitrogen and oxygen atoms in total. The lowest BCUT2D eigenvalue weighted by atomic mass is 10.3. The Morgan fingerprint density at radius 3 is 2.32 bits per heavy atom. The van der Waals surface area contributed by atoms with Crippen LogP contribution in [0.5, 0.6) is 0 Å². The number of nitrogens with two attached hydrogens (primary N) is 1. The van der Waals surface area contributed by atoms with E-state index in [0.717, 1.165) is 11.3 Å². The molecule has 11 heteroatoms. The highest BCUT2D eigenvalue weighted by Crippen LogP contribution is 2.28. The second-order valence-electron chi connectivity index (χ2n) is 4.92. The third-order valence-corrected chi connectivity index (χ3v) is 6.12. The molecule has 0 saturated heterocycles. The second-order valence-corrected chi connectivity index (χ2v) is 8.50. The van der Waals surface area contributed by atoms with Crippen LogP contribution in [0.3, 0.4) is 0 Å². The quantitative estimate of drug-likeness (QED) is 0.600. The van der Waals surface area contributed by atoms with Crippen molar-refractivity contribution in [3.05, 3.63) is 46.4 Å². The number of anilines is 2. The zero-order chi connectivity index (χ0) is 18.2. The third kappa shape index (κ3) is 4.20. The maximum absolute atomic E-state index is 12.1. The van der Waals surface area contributed by atoms with Gasteiger partial charge >= 0.3 is 6.03 Å². The smallest absolute Gasteiger partial charge is 0.308 e. The molecule has 3 rings (SSSR count). The van der Waals surface area contributed by atoms with Gasteiger partial charge in [0, 0.05) is 11.4 Å². The number of urea groups is 1. The summed E-state index contributed by atoms with van der Waals surface area (Å²) in [4.78, 5) is 16.0. The van der Waals surface area contributed by atoms with Crippen LogP contribution < -0.4 is 15.8 Å². The molecule has 1 aromatic heterocycles. The Kier molecular flexibility index (Phi) is 4.85. The highest BCUT2D eigenvalue weighted by atomic mass is 35.5. The van der Waals surface area contributed by atoms with Crippen molar-refractivity contribution < 1.29 is 13.2 Å². The number of nitrogens with zero attached hydrogens (tertiary/aromatic N) is 1. The number of primary sulfonamides is 1. The first-order valence-corrected chi connectivity index (χ1v) is 9.81. The molecule has 4 N–H and O–H groups in total. The van der Waals surface area contributed by atoms with Crippen LogP contribution in [-0.2, 0) is 10.0 Å². The lowest BCUT2D eigenvalue weighted by Gasteiger charge is -2.08. The Morgan fingerprint density at radius 1 is 1.04 bits per heavy atom. The molecular weight excluding hydrogens is 407 g/mol. The molecule has 1 heterocycles. The summed E-state index contributed by atoms with van der Waals surface area (Å²) >= 11 is 12.6. The van der Waals surface area contributed by atoms with Crippen LogP contribution in [-0.4, -0.2) is 19.4 Å². The Hall–Kier alpha value is -1.91. The molecule has 130 valence electrons. The van der Waals surface area contributed by atoms with Gasteiger partial charge in [0.25, 0.3) is 10.0 Å². The molecule has 0 fully saturated rings. The van der Waals surface area contributed by atoms with E-state index in [0.29, 0.717) is 31.6 Å². The number of hydrogen-bond acceptors (Lipinski definition) is 5. The minimum atomic E-state index is -3.86. The summed E-state index contributed by atoms with van der Waals surface area (Å²) in [5, 5.41) is 11.0. The Morgan fingerprint density at radius 2 is 1.68 bits per heavy atom. The van der Waals surface area contributed by atoms with Crippen LogP contribution in [0.15, 0.2) is 40.7 Å². The summed E-state index contributed by atoms with van der Waals surface area (Å²) in [6.45, 7) is 0. The van der Waals surface area contributed by atoms with Crippen molar-refractivity contribution in [1.82, 2.24) is 4.98 Å². The number of aromatic nitrogens is 1. The highest BCUT2D eigenvalue weighted by molar-refractivity contribution is 7.91. The van der Waals surface area contributed by atoms with Crippen molar-refractivity contribution in [2.24, 2.45) is 5.14 Å². The zero-order valence-electron chi connectivity index (χ0n) is 12.3. The fourth-order valence-corrected chi connectivity index (χ4v) is 3.96. The summed E-state index contributed by atoms with van der Waals surface area (Å²) in [5.74, 6) is 0. The minimum absolute atomic E-state index is 0.181. The summed E-state index contributed by atoms with van der Waals surface area (Å²) < 4.78 is 23.1. The molecule has 0 unspecified atom stereocenters. The Labute approximate surface area is 156 Å². The predicted molar refractivity (Wildman–Crippen MR) is 100 cm³/mol. The number of carbonyl (C=O) groups excluding carboxylic acids is 1. The fraction of sp³-hybridized carbons (Fsp3) is 0. The van der Waals surface area contributed by atoms with Crippen LogP contribution in [0.25, 0.3) is 10.2 Å². The maximum atomic E-state index is 12.1. The summed E-state index contributed by atoms with van der Waals surface area (Å²) in [6.07, 6.45) is 0. The van der Waals surface area contributed by atoms with Crippen molar-refractivity contribution in [2.45, 2.75) is 4.34 Å². The fourth-order valence-electron chi connectivity index (χ4n) is 1.97. The Bertz CT molecular complexity index is 1080. The average molecular weight is 417 g/mol. The first-order valence-electron chi connectivity index (χ1n) is 6.69. The van der Waals surface area contributed by atoms with Crippen molar-refractivity contribution in [1.29, 1.82) is 0 Å². The topological polar surface area (TPSA) is 114 Å². The number of amides is 2. The Balaban J connectivity index is 1.77. The normalized spacial score (nSPS) is 11.5. The number of halogens is 2. The SMILES string of the molecule is NS(=O)(=O)c1nc2ccc(NC(=O)Nc3ccc(Cl)c(Cl)c3)cc2s1. The van der Waals surface area contributed by atoms with Gasteiger partial charge in [0.1, 0.15) is 0 Å². The van der Waals surface area contributed by atoms with Crippen LogP contribution in [0.2, 0.25) is 10.0 Å². The van der Waals surface area contributed by atoms with Crippen molar-refractivity contribution in [3.8, 4) is 0 Å². The number of fused-ring (bicyclic) bond motifs is 1. The number of hydrogen-bond donors (Lipinski definition) is 3.